The standard InChI is InChI=1S/C24H30N4O2/c1-28-16-21(15-26-28)19-9-10-20-14-25-24(27-22(20)12-19)13-23(29)18-7-5-17(6-8-18)4-3-11-30-2/h9-10,12,14-18H,3-8,11,13H2,1-2H3. The first-order valence-corrected chi connectivity index (χ1v) is 10.9. The van der Waals surface area contributed by atoms with Crippen LogP contribution in [0.2, 0.25) is 0 Å². The number of ether oxygens (including phenoxy) is 1. The van der Waals surface area contributed by atoms with Gasteiger partial charge in [-0.1, -0.05) is 12.1 Å². The van der Waals surface area contributed by atoms with Crippen LogP contribution >= 0.6 is 0 Å². The summed E-state index contributed by atoms with van der Waals surface area (Å²) in [6.07, 6.45) is 12.6. The highest BCUT2D eigenvalue weighted by Gasteiger charge is 2.26. The topological polar surface area (TPSA) is 69.9 Å². The number of nitrogens with zero attached hydrogens (tertiary/aromatic N) is 4. The Morgan fingerprint density at radius 2 is 2.00 bits per heavy atom. The molecule has 0 spiro atoms. The molecule has 1 fully saturated rings. The van der Waals surface area contributed by atoms with Crippen LogP contribution in [0.4, 0.5) is 0 Å². The van der Waals surface area contributed by atoms with Crippen LogP contribution in [0.5, 0.6) is 0 Å². The Labute approximate surface area is 177 Å². The molecule has 0 bridgehead atoms. The highest BCUT2D eigenvalue weighted by atomic mass is 16.5. The number of ketones is 1. The van der Waals surface area contributed by atoms with Crippen LogP contribution < -0.4 is 0 Å². The quantitative estimate of drug-likeness (QED) is 0.519. The molecule has 0 unspecified atom stereocenters. The molecule has 0 atom stereocenters. The van der Waals surface area contributed by atoms with Gasteiger partial charge in [-0.05, 0) is 56.1 Å². The van der Waals surface area contributed by atoms with Crippen molar-refractivity contribution in [1.29, 1.82) is 0 Å². The molecule has 158 valence electrons. The van der Waals surface area contributed by atoms with Crippen LogP contribution in [0.1, 0.15) is 44.3 Å². The third-order valence-electron chi connectivity index (χ3n) is 6.27. The van der Waals surface area contributed by atoms with Crippen LogP contribution in [-0.2, 0) is 23.0 Å². The smallest absolute Gasteiger partial charge is 0.143 e. The average molecular weight is 407 g/mol. The van der Waals surface area contributed by atoms with Gasteiger partial charge in [0.2, 0.25) is 0 Å². The number of rotatable bonds is 8. The molecule has 0 radical (unpaired) electrons. The fraction of sp³-hybridized carbons (Fsp3) is 0.500. The summed E-state index contributed by atoms with van der Waals surface area (Å²) >= 11 is 0. The second-order valence-corrected chi connectivity index (χ2v) is 8.46. The number of hydrogen-bond acceptors (Lipinski definition) is 5. The van der Waals surface area contributed by atoms with Gasteiger partial charge < -0.3 is 4.74 Å². The molecule has 4 rings (SSSR count). The maximum atomic E-state index is 12.9. The number of aryl methyl sites for hydroxylation is 1. The summed E-state index contributed by atoms with van der Waals surface area (Å²) in [7, 11) is 3.66. The molecule has 30 heavy (non-hydrogen) atoms. The Morgan fingerprint density at radius 1 is 1.17 bits per heavy atom. The summed E-state index contributed by atoms with van der Waals surface area (Å²) in [5, 5.41) is 5.22. The number of carbonyl (C=O) groups is 1. The molecule has 0 N–H and O–H groups in total. The molecule has 0 aliphatic heterocycles. The molecule has 2 heterocycles. The highest BCUT2D eigenvalue weighted by molar-refractivity contribution is 5.85. The molecule has 1 aliphatic carbocycles. The van der Waals surface area contributed by atoms with E-state index in [1.807, 2.05) is 37.8 Å². The summed E-state index contributed by atoms with van der Waals surface area (Å²) in [6, 6.07) is 6.12. The number of Topliss-reactive ketones (excluding diaryl/α,β-unsaturated/α-hetero) is 1. The predicted molar refractivity (Wildman–Crippen MR) is 117 cm³/mol. The minimum absolute atomic E-state index is 0.157. The normalized spacial score (nSPS) is 19.3. The Balaban J connectivity index is 1.39. The molecular formula is C24H30N4O2. The van der Waals surface area contributed by atoms with E-state index >= 15 is 0 Å². The summed E-state index contributed by atoms with van der Waals surface area (Å²) in [5.74, 6) is 1.81. The molecule has 0 saturated heterocycles. The van der Waals surface area contributed by atoms with Crippen molar-refractivity contribution in [3.8, 4) is 11.1 Å². The number of benzene rings is 1. The van der Waals surface area contributed by atoms with Gasteiger partial charge in [0.1, 0.15) is 11.6 Å². The second kappa shape index (κ2) is 9.47. The fourth-order valence-corrected chi connectivity index (χ4v) is 4.49. The molecule has 3 aromatic rings. The zero-order chi connectivity index (χ0) is 20.9. The molecule has 1 saturated carbocycles. The van der Waals surface area contributed by atoms with E-state index in [1.165, 1.54) is 6.42 Å². The average Bonchev–Trinajstić information content (AvgIpc) is 3.20. The number of fused-ring (bicyclic) bond motifs is 1. The highest BCUT2D eigenvalue weighted by Crippen LogP contribution is 2.32. The largest absolute Gasteiger partial charge is 0.385 e. The van der Waals surface area contributed by atoms with Crippen LogP contribution in [0.3, 0.4) is 0 Å². The Bertz CT molecular complexity index is 1010. The Kier molecular flexibility index (Phi) is 6.53. The van der Waals surface area contributed by atoms with E-state index in [9.17, 15) is 4.79 Å². The summed E-state index contributed by atoms with van der Waals surface area (Å²) in [6.45, 7) is 0.834. The van der Waals surface area contributed by atoms with Crippen LogP contribution in [-0.4, -0.2) is 39.2 Å². The van der Waals surface area contributed by atoms with Gasteiger partial charge in [-0.15, -0.1) is 0 Å². The second-order valence-electron chi connectivity index (χ2n) is 8.46. The van der Waals surface area contributed by atoms with Gasteiger partial charge in [0, 0.05) is 50.0 Å². The number of carbonyl (C=O) groups excluding carboxylic acids is 1. The first-order chi connectivity index (χ1) is 14.6. The van der Waals surface area contributed by atoms with Gasteiger partial charge in [-0.25, -0.2) is 9.97 Å². The van der Waals surface area contributed by atoms with Crippen molar-refractivity contribution < 1.29 is 9.53 Å². The molecular weight excluding hydrogens is 376 g/mol. The van der Waals surface area contributed by atoms with Crippen LogP contribution in [0, 0.1) is 11.8 Å². The van der Waals surface area contributed by atoms with Crippen LogP contribution in [0.25, 0.3) is 22.0 Å². The van der Waals surface area contributed by atoms with E-state index in [0.29, 0.717) is 12.2 Å². The summed E-state index contributed by atoms with van der Waals surface area (Å²) in [5.41, 5.74) is 2.99. The number of methoxy groups -OCH3 is 1. The fourth-order valence-electron chi connectivity index (χ4n) is 4.49. The van der Waals surface area contributed by atoms with Gasteiger partial charge in [0.05, 0.1) is 18.1 Å². The first kappa shape index (κ1) is 20.7. The van der Waals surface area contributed by atoms with Crippen molar-refractivity contribution in [2.45, 2.75) is 44.9 Å². The van der Waals surface area contributed by atoms with Crippen molar-refractivity contribution in [3.63, 3.8) is 0 Å². The van der Waals surface area contributed by atoms with Crippen LogP contribution in [0.15, 0.2) is 36.8 Å². The molecule has 1 aromatic carbocycles. The van der Waals surface area contributed by atoms with Gasteiger partial charge >= 0.3 is 0 Å². The summed E-state index contributed by atoms with van der Waals surface area (Å²) in [4.78, 5) is 22.0. The van der Waals surface area contributed by atoms with E-state index in [0.717, 1.165) is 66.7 Å². The minimum atomic E-state index is 0.157. The van der Waals surface area contributed by atoms with Crippen molar-refractivity contribution in [3.05, 3.63) is 42.6 Å². The number of aromatic nitrogens is 4. The zero-order valence-corrected chi connectivity index (χ0v) is 17.9. The monoisotopic (exact) mass is 406 g/mol. The first-order valence-electron chi connectivity index (χ1n) is 10.9. The molecule has 2 aromatic heterocycles. The lowest BCUT2D eigenvalue weighted by Crippen LogP contribution is -2.24. The summed E-state index contributed by atoms with van der Waals surface area (Å²) < 4.78 is 6.94. The molecule has 6 nitrogen and oxygen atoms in total. The minimum Gasteiger partial charge on any atom is -0.385 e. The van der Waals surface area contributed by atoms with Crippen molar-refractivity contribution in [2.75, 3.05) is 13.7 Å². The van der Waals surface area contributed by atoms with E-state index in [-0.39, 0.29) is 11.7 Å². The Hall–Kier alpha value is -2.60. The maximum Gasteiger partial charge on any atom is 0.143 e. The third-order valence-corrected chi connectivity index (χ3v) is 6.27. The zero-order valence-electron chi connectivity index (χ0n) is 17.9. The lowest BCUT2D eigenvalue weighted by atomic mass is 9.78. The van der Waals surface area contributed by atoms with E-state index in [4.69, 9.17) is 9.72 Å². The third kappa shape index (κ3) is 4.93. The van der Waals surface area contributed by atoms with Gasteiger partial charge in [-0.2, -0.15) is 5.10 Å². The number of hydrogen-bond donors (Lipinski definition) is 0. The predicted octanol–water partition coefficient (Wildman–Crippen LogP) is 4.37. The van der Waals surface area contributed by atoms with E-state index in [2.05, 4.69) is 16.1 Å². The van der Waals surface area contributed by atoms with Gasteiger partial charge in [0.25, 0.3) is 0 Å². The van der Waals surface area contributed by atoms with E-state index in [1.54, 1.807) is 11.8 Å². The SMILES string of the molecule is COCCCC1CCC(C(=O)Cc2ncc3ccc(-c4cnn(C)c4)cc3n2)CC1. The van der Waals surface area contributed by atoms with Gasteiger partial charge in [-0.3, -0.25) is 9.48 Å². The van der Waals surface area contributed by atoms with E-state index < -0.39 is 0 Å². The molecule has 0 amide bonds. The van der Waals surface area contributed by atoms with Gasteiger partial charge in [0.15, 0.2) is 0 Å². The lowest BCUT2D eigenvalue weighted by Gasteiger charge is -2.27. The lowest BCUT2D eigenvalue weighted by molar-refractivity contribution is -0.123. The van der Waals surface area contributed by atoms with Crippen molar-refractivity contribution >= 4 is 16.7 Å². The Morgan fingerprint density at radius 3 is 2.73 bits per heavy atom. The maximum absolute atomic E-state index is 12.9. The molecule has 1 aliphatic rings. The van der Waals surface area contributed by atoms with Crippen molar-refractivity contribution in [1.82, 2.24) is 19.7 Å². The van der Waals surface area contributed by atoms with Crippen molar-refractivity contribution in [2.24, 2.45) is 18.9 Å². The molecule has 6 heteroatoms.